The molecule has 8 heteroatoms. The summed E-state index contributed by atoms with van der Waals surface area (Å²) in [4.78, 5) is 23.3. The molecular formula is C16H20N4O3S. The van der Waals surface area contributed by atoms with Crippen molar-refractivity contribution in [3.05, 3.63) is 29.8 Å². The molecule has 0 aliphatic carbocycles. The van der Waals surface area contributed by atoms with E-state index in [1.54, 1.807) is 0 Å². The van der Waals surface area contributed by atoms with Gasteiger partial charge in [0, 0.05) is 11.6 Å². The predicted octanol–water partition coefficient (Wildman–Crippen LogP) is 2.76. The van der Waals surface area contributed by atoms with Crippen LogP contribution in [0.3, 0.4) is 0 Å². The second-order valence-electron chi connectivity index (χ2n) is 5.31. The Labute approximate surface area is 144 Å². The number of carbonyl (C=O) groups is 2. The van der Waals surface area contributed by atoms with Crippen molar-refractivity contribution in [2.24, 2.45) is 0 Å². The van der Waals surface area contributed by atoms with Crippen LogP contribution < -0.4 is 10.6 Å². The Kier molecular flexibility index (Phi) is 6.36. The maximum atomic E-state index is 11.7. The lowest BCUT2D eigenvalue weighted by atomic mass is 10.1. The van der Waals surface area contributed by atoms with E-state index in [9.17, 15) is 9.59 Å². The summed E-state index contributed by atoms with van der Waals surface area (Å²) in [6.07, 6.45) is 0.792. The average Bonchev–Trinajstić information content (AvgIpc) is 3.01. The Bertz CT molecular complexity index is 717. The van der Waals surface area contributed by atoms with Gasteiger partial charge in [0.25, 0.3) is 5.22 Å². The normalized spacial score (nSPS) is 11.8. The van der Waals surface area contributed by atoms with E-state index in [1.807, 2.05) is 45.0 Å². The highest BCUT2D eigenvalue weighted by atomic mass is 32.2. The van der Waals surface area contributed by atoms with E-state index in [2.05, 4.69) is 20.8 Å². The maximum absolute atomic E-state index is 11.7. The highest BCUT2D eigenvalue weighted by Crippen LogP contribution is 2.25. The summed E-state index contributed by atoms with van der Waals surface area (Å²) in [6.45, 7) is 5.77. The van der Waals surface area contributed by atoms with Crippen LogP contribution in [0.4, 0.5) is 4.79 Å². The van der Waals surface area contributed by atoms with Gasteiger partial charge in [0.05, 0.1) is 5.75 Å². The van der Waals surface area contributed by atoms with Gasteiger partial charge in [-0.2, -0.15) is 0 Å². The predicted molar refractivity (Wildman–Crippen MR) is 91.6 cm³/mol. The van der Waals surface area contributed by atoms with Gasteiger partial charge in [0.1, 0.15) is 0 Å². The number of benzene rings is 1. The Morgan fingerprint density at radius 2 is 2.04 bits per heavy atom. The molecule has 0 fully saturated rings. The van der Waals surface area contributed by atoms with Gasteiger partial charge >= 0.3 is 6.03 Å². The number of aryl methyl sites for hydroxylation is 1. The fourth-order valence-electron chi connectivity index (χ4n) is 1.84. The van der Waals surface area contributed by atoms with Crippen molar-refractivity contribution in [1.82, 2.24) is 20.8 Å². The lowest BCUT2D eigenvalue weighted by molar-refractivity contribution is -0.117. The molecule has 2 N–H and O–H groups in total. The molecule has 24 heavy (non-hydrogen) atoms. The van der Waals surface area contributed by atoms with E-state index >= 15 is 0 Å². The zero-order valence-electron chi connectivity index (χ0n) is 13.8. The molecule has 1 aromatic heterocycles. The van der Waals surface area contributed by atoms with Crippen LogP contribution in [0.15, 0.2) is 33.9 Å². The molecule has 0 radical (unpaired) electrons. The lowest BCUT2D eigenvalue weighted by Gasteiger charge is -2.11. The molecule has 0 unspecified atom stereocenters. The van der Waals surface area contributed by atoms with Crippen molar-refractivity contribution in [3.8, 4) is 11.5 Å². The lowest BCUT2D eigenvalue weighted by Crippen LogP contribution is -2.43. The van der Waals surface area contributed by atoms with E-state index in [0.717, 1.165) is 29.3 Å². The highest BCUT2D eigenvalue weighted by Gasteiger charge is 2.14. The second-order valence-corrected chi connectivity index (χ2v) is 6.23. The Hall–Kier alpha value is -2.35. The quantitative estimate of drug-likeness (QED) is 0.779. The Morgan fingerprint density at radius 3 is 2.75 bits per heavy atom. The number of hydrogen-bond donors (Lipinski definition) is 2. The van der Waals surface area contributed by atoms with Crippen LogP contribution >= 0.6 is 11.8 Å². The number of thioether (sulfide) groups is 1. The molecule has 0 aliphatic heterocycles. The largest absolute Gasteiger partial charge is 0.411 e. The van der Waals surface area contributed by atoms with E-state index < -0.39 is 11.9 Å². The van der Waals surface area contributed by atoms with Crippen LogP contribution in [-0.2, 0) is 4.79 Å². The summed E-state index contributed by atoms with van der Waals surface area (Å²) < 4.78 is 5.55. The second kappa shape index (κ2) is 8.49. The zero-order chi connectivity index (χ0) is 17.5. The van der Waals surface area contributed by atoms with Gasteiger partial charge in [-0.25, -0.2) is 4.79 Å². The van der Waals surface area contributed by atoms with E-state index in [0.29, 0.717) is 5.89 Å². The SMILES string of the molecule is CC[C@H](C)NC(=O)NC(=O)CSc1nnc(-c2ccccc2C)o1. The molecule has 3 amide bonds. The molecule has 1 heterocycles. The summed E-state index contributed by atoms with van der Waals surface area (Å²) in [5.41, 5.74) is 1.88. The first kappa shape index (κ1) is 18.0. The summed E-state index contributed by atoms with van der Waals surface area (Å²) in [7, 11) is 0. The summed E-state index contributed by atoms with van der Waals surface area (Å²) in [5.74, 6) is 0.00513. The summed E-state index contributed by atoms with van der Waals surface area (Å²) in [5, 5.41) is 13.1. The Balaban J connectivity index is 1.86. The smallest absolute Gasteiger partial charge is 0.321 e. The van der Waals surface area contributed by atoms with Gasteiger partial charge in [-0.3, -0.25) is 10.1 Å². The monoisotopic (exact) mass is 348 g/mol. The third kappa shape index (κ3) is 5.09. The number of urea groups is 1. The third-order valence-electron chi connectivity index (χ3n) is 3.35. The van der Waals surface area contributed by atoms with Crippen LogP contribution in [0.25, 0.3) is 11.5 Å². The molecule has 0 saturated carbocycles. The van der Waals surface area contributed by atoms with Crippen LogP contribution in [0.5, 0.6) is 0 Å². The van der Waals surface area contributed by atoms with Crippen molar-refractivity contribution in [2.75, 3.05) is 5.75 Å². The molecule has 0 saturated heterocycles. The standard InChI is InChI=1S/C16H20N4O3S/c1-4-11(3)17-15(22)18-13(21)9-24-16-20-19-14(23-16)12-8-6-5-7-10(12)2/h5-8,11H,4,9H2,1-3H3,(H2,17,18,21,22)/t11-/m0/s1. The van der Waals surface area contributed by atoms with E-state index in [-0.39, 0.29) is 17.0 Å². The molecule has 1 atom stereocenters. The number of carbonyl (C=O) groups excluding carboxylic acids is 2. The fourth-order valence-corrected chi connectivity index (χ4v) is 2.40. The molecule has 2 aromatic rings. The summed E-state index contributed by atoms with van der Waals surface area (Å²) >= 11 is 1.08. The van der Waals surface area contributed by atoms with Crippen molar-refractivity contribution < 1.29 is 14.0 Å². The number of imide groups is 1. The van der Waals surface area contributed by atoms with Crippen molar-refractivity contribution >= 4 is 23.7 Å². The molecule has 2 rings (SSSR count). The van der Waals surface area contributed by atoms with Gasteiger partial charge in [0.2, 0.25) is 11.8 Å². The number of hydrogen-bond acceptors (Lipinski definition) is 6. The minimum atomic E-state index is -0.499. The number of nitrogens with one attached hydrogen (secondary N) is 2. The van der Waals surface area contributed by atoms with E-state index in [4.69, 9.17) is 4.42 Å². The number of aromatic nitrogens is 2. The van der Waals surface area contributed by atoms with Gasteiger partial charge < -0.3 is 9.73 Å². The number of rotatable bonds is 6. The fraction of sp³-hybridized carbons (Fsp3) is 0.375. The van der Waals surface area contributed by atoms with Gasteiger partial charge in [-0.1, -0.05) is 36.9 Å². The Morgan fingerprint density at radius 1 is 1.29 bits per heavy atom. The average molecular weight is 348 g/mol. The first-order valence-electron chi connectivity index (χ1n) is 7.62. The van der Waals surface area contributed by atoms with Crippen molar-refractivity contribution in [1.29, 1.82) is 0 Å². The van der Waals surface area contributed by atoms with Crippen molar-refractivity contribution in [3.63, 3.8) is 0 Å². The van der Waals surface area contributed by atoms with Gasteiger partial charge in [0.15, 0.2) is 0 Å². The number of nitrogens with zero attached hydrogens (tertiary/aromatic N) is 2. The van der Waals surface area contributed by atoms with Crippen LogP contribution in [-0.4, -0.2) is 33.9 Å². The number of amides is 3. The first-order valence-corrected chi connectivity index (χ1v) is 8.60. The maximum Gasteiger partial charge on any atom is 0.321 e. The highest BCUT2D eigenvalue weighted by molar-refractivity contribution is 7.99. The zero-order valence-corrected chi connectivity index (χ0v) is 14.6. The van der Waals surface area contributed by atoms with E-state index in [1.165, 1.54) is 0 Å². The molecule has 7 nitrogen and oxygen atoms in total. The minimum Gasteiger partial charge on any atom is -0.411 e. The van der Waals surface area contributed by atoms with Gasteiger partial charge in [-0.15, -0.1) is 10.2 Å². The third-order valence-corrected chi connectivity index (χ3v) is 4.17. The summed E-state index contributed by atoms with van der Waals surface area (Å²) in [6, 6.07) is 7.18. The van der Waals surface area contributed by atoms with Crippen molar-refractivity contribution in [2.45, 2.75) is 38.5 Å². The molecular weight excluding hydrogens is 328 g/mol. The molecule has 0 bridgehead atoms. The van der Waals surface area contributed by atoms with Crippen LogP contribution in [0.1, 0.15) is 25.8 Å². The first-order chi connectivity index (χ1) is 11.5. The topological polar surface area (TPSA) is 97.1 Å². The molecule has 0 aliphatic rings. The minimum absolute atomic E-state index is 0.0121. The molecule has 1 aromatic carbocycles. The molecule has 128 valence electrons. The molecule has 0 spiro atoms. The van der Waals surface area contributed by atoms with Crippen LogP contribution in [0, 0.1) is 6.92 Å². The van der Waals surface area contributed by atoms with Gasteiger partial charge in [-0.05, 0) is 31.9 Å². The van der Waals surface area contributed by atoms with Crippen LogP contribution in [0.2, 0.25) is 0 Å².